The quantitative estimate of drug-likeness (QED) is 0.126. The second-order valence-electron chi connectivity index (χ2n) is 9.77. The molecule has 3 aromatic rings. The first-order chi connectivity index (χ1) is 18.7. The third kappa shape index (κ3) is 4.99. The smallest absolute Gasteiger partial charge is 0.227 e. The molecule has 6 nitrogen and oxygen atoms in total. The summed E-state index contributed by atoms with van der Waals surface area (Å²) in [5.41, 5.74) is 10.8. The van der Waals surface area contributed by atoms with E-state index >= 15 is 4.39 Å². The molecular weight excluding hydrogens is 832 g/mol. The van der Waals surface area contributed by atoms with Crippen LogP contribution in [-0.4, -0.2) is 47.7 Å². The Kier molecular flexibility index (Phi) is 7.42. The Morgan fingerprint density at radius 1 is 0.949 bits per heavy atom. The highest BCUT2D eigenvalue weighted by molar-refractivity contribution is 14.1. The Bertz CT molecular complexity index is 1650. The number of halogens is 4. The van der Waals surface area contributed by atoms with Crippen molar-refractivity contribution in [3.05, 3.63) is 100 Å². The number of rotatable bonds is 5. The molecule has 0 amide bonds. The van der Waals surface area contributed by atoms with E-state index in [0.717, 1.165) is 52.0 Å². The number of fused-ring (bicyclic) bond motifs is 6. The van der Waals surface area contributed by atoms with E-state index in [0.29, 0.717) is 12.3 Å². The lowest BCUT2D eigenvalue weighted by molar-refractivity contribution is 0.377. The van der Waals surface area contributed by atoms with Crippen LogP contribution in [0.1, 0.15) is 23.4 Å². The fourth-order valence-electron chi connectivity index (χ4n) is 5.01. The largest absolute Gasteiger partial charge is 0.385 e. The molecule has 4 atom stereocenters. The summed E-state index contributed by atoms with van der Waals surface area (Å²) in [4.78, 5) is 16.8. The normalized spacial score (nSPS) is 29.0. The molecule has 3 aliphatic rings. The van der Waals surface area contributed by atoms with Gasteiger partial charge in [0.05, 0.1) is 11.4 Å². The SMILES string of the molecule is NCCCNc1ccc(C2(I)c3ccc([nH]3)C=c3ccc([nH]3)=CC3=NC(C=C3)C(F)(I)C3=NC2(I)C=C3)cc1. The predicted molar refractivity (Wildman–Crippen MR) is 184 cm³/mol. The molecule has 10 heteroatoms. The minimum atomic E-state index is -1.80. The van der Waals surface area contributed by atoms with E-state index < -0.39 is 16.7 Å². The van der Waals surface area contributed by atoms with E-state index in [1.807, 2.05) is 65.1 Å². The zero-order chi connectivity index (χ0) is 27.3. The van der Waals surface area contributed by atoms with Crippen molar-refractivity contribution in [2.24, 2.45) is 15.7 Å². The first-order valence-electron chi connectivity index (χ1n) is 12.6. The van der Waals surface area contributed by atoms with Gasteiger partial charge in [0.1, 0.15) is 9.46 Å². The molecule has 0 spiro atoms. The maximum atomic E-state index is 16.5. The lowest BCUT2D eigenvalue weighted by atomic mass is 9.88. The van der Waals surface area contributed by atoms with Crippen LogP contribution in [0.25, 0.3) is 12.2 Å². The standard InChI is InChI=1S/C29H26FI3N6/c30-29(33)25-11-9-23(38-25)17-21-7-6-20(36-21)16-22-8-10-24(37-22)28(32,27(31)13-12-26(29)39-27)18-2-4-19(5-3-18)35-15-1-14-34/h2-13,16-17,25,35-37H,1,14-15,34H2. The van der Waals surface area contributed by atoms with Crippen LogP contribution in [0.3, 0.4) is 0 Å². The summed E-state index contributed by atoms with van der Waals surface area (Å²) in [5, 5.41) is 5.30. The molecule has 0 fully saturated rings. The molecule has 200 valence electrons. The highest BCUT2D eigenvalue weighted by atomic mass is 127. The highest BCUT2D eigenvalue weighted by Crippen LogP contribution is 2.56. The topological polar surface area (TPSA) is 94.3 Å². The van der Waals surface area contributed by atoms with Crippen molar-refractivity contribution in [2.45, 2.75) is 23.1 Å². The molecule has 3 aliphatic heterocycles. The number of aromatic nitrogens is 2. The van der Waals surface area contributed by atoms with Crippen LogP contribution in [0.5, 0.6) is 0 Å². The molecular formula is C29H26FI3N6. The Morgan fingerprint density at radius 2 is 1.72 bits per heavy atom. The van der Waals surface area contributed by atoms with E-state index in [1.165, 1.54) is 0 Å². The van der Waals surface area contributed by atoms with Crippen molar-refractivity contribution >= 4 is 97.0 Å². The van der Waals surface area contributed by atoms with Crippen LogP contribution < -0.4 is 21.7 Å². The van der Waals surface area contributed by atoms with Gasteiger partial charge in [-0.05, 0) is 130 Å². The van der Waals surface area contributed by atoms with Gasteiger partial charge in [-0.1, -0.05) is 40.8 Å². The summed E-state index contributed by atoms with van der Waals surface area (Å²) < 4.78 is 13.2. The number of hydrogen-bond donors (Lipinski definition) is 4. The lowest BCUT2D eigenvalue weighted by Crippen LogP contribution is -2.41. The van der Waals surface area contributed by atoms with E-state index in [9.17, 15) is 0 Å². The summed E-state index contributed by atoms with van der Waals surface area (Å²) in [5.74, 6) is 0. The van der Waals surface area contributed by atoms with Crippen molar-refractivity contribution in [1.29, 1.82) is 0 Å². The number of H-pyrrole nitrogens is 2. The van der Waals surface area contributed by atoms with Gasteiger partial charge in [-0.2, -0.15) is 0 Å². The molecule has 8 bridgehead atoms. The van der Waals surface area contributed by atoms with Gasteiger partial charge in [-0.15, -0.1) is 0 Å². The molecule has 5 N–H and O–H groups in total. The number of nitrogens with zero attached hydrogens (tertiary/aromatic N) is 2. The average molecular weight is 858 g/mol. The number of nitrogens with one attached hydrogen (secondary N) is 3. The number of aromatic amines is 2. The second kappa shape index (κ2) is 10.6. The molecule has 6 rings (SSSR count). The van der Waals surface area contributed by atoms with Crippen LogP contribution in [-0.2, 0) is 3.42 Å². The van der Waals surface area contributed by atoms with E-state index in [4.69, 9.17) is 10.7 Å². The fourth-order valence-corrected chi connectivity index (χ4v) is 7.68. The van der Waals surface area contributed by atoms with Gasteiger partial charge < -0.3 is 21.0 Å². The number of alkyl halides is 4. The molecule has 39 heavy (non-hydrogen) atoms. The summed E-state index contributed by atoms with van der Waals surface area (Å²) in [6.07, 6.45) is 12.5. The maximum absolute atomic E-state index is 16.5. The summed E-state index contributed by atoms with van der Waals surface area (Å²) in [7, 11) is 0. The van der Waals surface area contributed by atoms with Crippen molar-refractivity contribution in [3.63, 3.8) is 0 Å². The van der Waals surface area contributed by atoms with Crippen LogP contribution >= 0.6 is 67.8 Å². The molecule has 0 saturated heterocycles. The van der Waals surface area contributed by atoms with Crippen LogP contribution in [0.2, 0.25) is 0 Å². The fraction of sp³-hybridized carbons (Fsp3) is 0.241. The number of aliphatic imine (C=N–C) groups is 2. The molecule has 1 aromatic carbocycles. The van der Waals surface area contributed by atoms with Crippen molar-refractivity contribution in [2.75, 3.05) is 18.4 Å². The molecule has 0 saturated carbocycles. The van der Waals surface area contributed by atoms with Crippen molar-refractivity contribution < 1.29 is 4.39 Å². The molecule has 0 aliphatic carbocycles. The highest BCUT2D eigenvalue weighted by Gasteiger charge is 2.54. The summed E-state index contributed by atoms with van der Waals surface area (Å²) in [6.45, 7) is 1.47. The predicted octanol–water partition coefficient (Wildman–Crippen LogP) is 5.03. The first-order valence-corrected chi connectivity index (χ1v) is 15.9. The number of allylic oxidation sites excluding steroid dienone is 2. The Morgan fingerprint density at radius 3 is 2.49 bits per heavy atom. The first kappa shape index (κ1) is 27.4. The van der Waals surface area contributed by atoms with E-state index in [-0.39, 0.29) is 0 Å². The maximum Gasteiger partial charge on any atom is 0.227 e. The van der Waals surface area contributed by atoms with Gasteiger partial charge in [0.2, 0.25) is 3.68 Å². The Balaban J connectivity index is 1.52. The molecule has 5 heterocycles. The summed E-state index contributed by atoms with van der Waals surface area (Å²) >= 11 is 6.72. The van der Waals surface area contributed by atoms with E-state index in [1.54, 1.807) is 0 Å². The van der Waals surface area contributed by atoms with Gasteiger partial charge in [0, 0.05) is 34.3 Å². The summed E-state index contributed by atoms with van der Waals surface area (Å²) in [6, 6.07) is 16.0. The number of hydrogen-bond acceptors (Lipinski definition) is 4. The molecule has 4 unspecified atom stereocenters. The zero-order valence-electron chi connectivity index (χ0n) is 20.8. The van der Waals surface area contributed by atoms with Crippen molar-refractivity contribution in [3.8, 4) is 0 Å². The van der Waals surface area contributed by atoms with Gasteiger partial charge in [0.15, 0.2) is 3.55 Å². The minimum absolute atomic E-state index is 0.380. The zero-order valence-corrected chi connectivity index (χ0v) is 27.2. The van der Waals surface area contributed by atoms with Gasteiger partial charge in [0.25, 0.3) is 0 Å². The Labute approximate surface area is 266 Å². The average Bonchev–Trinajstić information content (AvgIpc) is 3.73. The van der Waals surface area contributed by atoms with Crippen LogP contribution in [0.4, 0.5) is 10.1 Å². The van der Waals surface area contributed by atoms with Gasteiger partial charge in [-0.3, -0.25) is 9.98 Å². The monoisotopic (exact) mass is 858 g/mol. The third-order valence-corrected chi connectivity index (χ3v) is 12.8. The third-order valence-electron chi connectivity index (χ3n) is 7.10. The molecule has 2 aromatic heterocycles. The second-order valence-corrected chi connectivity index (χ2v) is 14.6. The number of benzene rings is 1. The van der Waals surface area contributed by atoms with E-state index in [2.05, 4.69) is 108 Å². The Hall–Kier alpha value is -1.78. The van der Waals surface area contributed by atoms with Gasteiger partial charge >= 0.3 is 0 Å². The lowest BCUT2D eigenvalue weighted by Gasteiger charge is -2.38. The number of nitrogens with two attached hydrogens (primary N) is 1. The van der Waals surface area contributed by atoms with Crippen LogP contribution in [0, 0.1) is 0 Å². The number of anilines is 1. The minimum Gasteiger partial charge on any atom is -0.385 e. The van der Waals surface area contributed by atoms with Crippen LogP contribution in [0.15, 0.2) is 82.8 Å². The van der Waals surface area contributed by atoms with Gasteiger partial charge in [-0.25, -0.2) is 4.39 Å². The van der Waals surface area contributed by atoms with Crippen molar-refractivity contribution in [1.82, 2.24) is 9.97 Å². The molecule has 0 radical (unpaired) electrons.